The second-order valence-corrected chi connectivity index (χ2v) is 5.55. The van der Waals surface area contributed by atoms with Crippen LogP contribution in [0.25, 0.3) is 0 Å². The van der Waals surface area contributed by atoms with E-state index in [1.165, 1.54) is 12.3 Å². The number of ether oxygens (including phenoxy) is 1. The first-order chi connectivity index (χ1) is 10.7. The van der Waals surface area contributed by atoms with Crippen molar-refractivity contribution in [1.29, 1.82) is 0 Å². The van der Waals surface area contributed by atoms with Gasteiger partial charge in [-0.25, -0.2) is 24.8 Å². The van der Waals surface area contributed by atoms with Crippen LogP contribution in [0.5, 0.6) is 0 Å². The van der Waals surface area contributed by atoms with Crippen LogP contribution < -0.4 is 16.5 Å². The number of urea groups is 1. The van der Waals surface area contributed by atoms with E-state index in [9.17, 15) is 9.59 Å². The molecule has 9 heteroatoms. The van der Waals surface area contributed by atoms with Crippen LogP contribution in [-0.2, 0) is 14.5 Å². The molecular weight excluding hydrogens is 304 g/mol. The maximum Gasteiger partial charge on any atom is 0.407 e. The normalized spacial score (nSPS) is 12.7. The Labute approximate surface area is 136 Å². The quantitative estimate of drug-likeness (QED) is 0.184. The summed E-state index contributed by atoms with van der Waals surface area (Å²) in [5.41, 5.74) is 6.57. The molecule has 0 heterocycles. The molecule has 3 amide bonds. The summed E-state index contributed by atoms with van der Waals surface area (Å²) in [5.74, 6) is 0. The average molecular weight is 330 g/mol. The third-order valence-corrected chi connectivity index (χ3v) is 2.12. The number of hydrogen-bond donors (Lipinski definition) is 3. The molecule has 0 rings (SSSR count). The minimum absolute atomic E-state index is 0.0950. The molecule has 0 aliphatic heterocycles. The average Bonchev–Trinajstić information content (AvgIpc) is 2.42. The Bertz CT molecular complexity index is 406. The van der Waals surface area contributed by atoms with Gasteiger partial charge in [-0.1, -0.05) is 12.7 Å². The van der Waals surface area contributed by atoms with Crippen molar-refractivity contribution in [2.24, 2.45) is 10.8 Å². The smallest absolute Gasteiger partial charge is 0.407 e. The molecule has 0 aliphatic rings. The number of nitrogens with two attached hydrogens (primary N) is 1. The molecular formula is C14H26N4O5. The summed E-state index contributed by atoms with van der Waals surface area (Å²) in [6, 6.07) is -1.26. The number of primary amides is 1. The number of hydrazone groups is 1. The van der Waals surface area contributed by atoms with Gasteiger partial charge in [-0.2, -0.15) is 5.10 Å². The molecule has 0 bridgehead atoms. The monoisotopic (exact) mass is 330 g/mol. The Balaban J connectivity index is 4.25. The second-order valence-electron chi connectivity index (χ2n) is 5.55. The fraction of sp³-hybridized carbons (Fsp3) is 0.643. The van der Waals surface area contributed by atoms with Crippen LogP contribution in [0.4, 0.5) is 9.59 Å². The van der Waals surface area contributed by atoms with Crippen LogP contribution >= 0.6 is 0 Å². The molecule has 0 spiro atoms. The maximum absolute atomic E-state index is 11.5. The largest absolute Gasteiger partial charge is 0.445 e. The number of hydrogen-bond acceptors (Lipinski definition) is 6. The van der Waals surface area contributed by atoms with E-state index in [1.54, 1.807) is 0 Å². The van der Waals surface area contributed by atoms with Gasteiger partial charge in [-0.15, -0.1) is 0 Å². The van der Waals surface area contributed by atoms with Crippen molar-refractivity contribution in [3.63, 3.8) is 0 Å². The zero-order chi connectivity index (χ0) is 17.7. The summed E-state index contributed by atoms with van der Waals surface area (Å²) < 4.78 is 4.82. The molecule has 0 saturated heterocycles. The topological polar surface area (TPSA) is 124 Å². The molecule has 0 saturated carbocycles. The standard InChI is InChI=1S/C14H26N4O5/c1-5-8-21-13(20)17-11(10-16-18-12(15)19)7-6-9-22-23-14(2,3)4/h5,10-11H,1,6-9H2,2-4H3,(H,17,20)(H3,15,18,19)/b16-10+. The van der Waals surface area contributed by atoms with E-state index < -0.39 is 18.2 Å². The van der Waals surface area contributed by atoms with Crippen molar-refractivity contribution in [3.8, 4) is 0 Å². The van der Waals surface area contributed by atoms with Gasteiger partial charge in [-0.3, -0.25) is 0 Å². The predicted molar refractivity (Wildman–Crippen MR) is 85.7 cm³/mol. The van der Waals surface area contributed by atoms with Crippen molar-refractivity contribution >= 4 is 18.3 Å². The molecule has 0 aromatic rings. The lowest BCUT2D eigenvalue weighted by atomic mass is 10.2. The zero-order valence-corrected chi connectivity index (χ0v) is 13.8. The Morgan fingerprint density at radius 3 is 2.65 bits per heavy atom. The minimum atomic E-state index is -0.795. The van der Waals surface area contributed by atoms with E-state index in [-0.39, 0.29) is 12.2 Å². The van der Waals surface area contributed by atoms with Crippen LogP contribution in [0.15, 0.2) is 17.8 Å². The van der Waals surface area contributed by atoms with Crippen LogP contribution in [-0.4, -0.2) is 43.2 Å². The van der Waals surface area contributed by atoms with Gasteiger partial charge in [0.25, 0.3) is 0 Å². The van der Waals surface area contributed by atoms with Gasteiger partial charge >= 0.3 is 12.1 Å². The first-order valence-electron chi connectivity index (χ1n) is 7.18. The summed E-state index contributed by atoms with van der Waals surface area (Å²) in [6.45, 7) is 9.49. The highest BCUT2D eigenvalue weighted by molar-refractivity contribution is 5.77. The third-order valence-electron chi connectivity index (χ3n) is 2.12. The SMILES string of the molecule is C=CCOC(=O)NC(/C=N/NC(N)=O)CCCOOC(C)(C)C. The van der Waals surface area contributed by atoms with Crippen molar-refractivity contribution in [2.45, 2.75) is 45.3 Å². The number of carbonyl (C=O) groups excluding carboxylic acids is 2. The van der Waals surface area contributed by atoms with Gasteiger partial charge in [0.15, 0.2) is 0 Å². The summed E-state index contributed by atoms with van der Waals surface area (Å²) in [6.07, 6.45) is 3.28. The molecule has 4 N–H and O–H groups in total. The van der Waals surface area contributed by atoms with Crippen LogP contribution in [0.2, 0.25) is 0 Å². The predicted octanol–water partition coefficient (Wildman–Crippen LogP) is 1.45. The number of carbonyl (C=O) groups is 2. The van der Waals surface area contributed by atoms with E-state index >= 15 is 0 Å². The lowest BCUT2D eigenvalue weighted by Gasteiger charge is -2.18. The molecule has 1 unspecified atom stereocenters. The van der Waals surface area contributed by atoms with Crippen molar-refractivity contribution in [1.82, 2.24) is 10.7 Å². The van der Waals surface area contributed by atoms with Gasteiger partial charge in [0.05, 0.1) is 18.2 Å². The molecule has 0 aromatic carbocycles. The fourth-order valence-electron chi connectivity index (χ4n) is 1.28. The number of alkyl carbamates (subject to hydrolysis) is 1. The summed E-state index contributed by atoms with van der Waals surface area (Å²) in [4.78, 5) is 32.3. The minimum Gasteiger partial charge on any atom is -0.445 e. The molecule has 0 radical (unpaired) electrons. The Kier molecular flexibility index (Phi) is 10.4. The molecule has 0 fully saturated rings. The van der Waals surface area contributed by atoms with Gasteiger partial charge in [0.2, 0.25) is 0 Å². The van der Waals surface area contributed by atoms with Crippen molar-refractivity contribution in [3.05, 3.63) is 12.7 Å². The van der Waals surface area contributed by atoms with Gasteiger partial charge in [0.1, 0.15) is 6.61 Å². The van der Waals surface area contributed by atoms with Crippen LogP contribution in [0.3, 0.4) is 0 Å². The highest BCUT2D eigenvalue weighted by Crippen LogP contribution is 2.07. The Hall–Kier alpha value is -2.13. The number of nitrogens with one attached hydrogen (secondary N) is 2. The summed E-state index contributed by atoms with van der Waals surface area (Å²) >= 11 is 0. The Morgan fingerprint density at radius 1 is 1.39 bits per heavy atom. The van der Waals surface area contributed by atoms with E-state index in [1.807, 2.05) is 20.8 Å². The lowest BCUT2D eigenvalue weighted by Crippen LogP contribution is -2.37. The van der Waals surface area contributed by atoms with Crippen LogP contribution in [0.1, 0.15) is 33.6 Å². The van der Waals surface area contributed by atoms with Crippen LogP contribution in [0, 0.1) is 0 Å². The molecule has 132 valence electrons. The second kappa shape index (κ2) is 11.4. The van der Waals surface area contributed by atoms with E-state index in [4.69, 9.17) is 20.2 Å². The third kappa shape index (κ3) is 14.6. The lowest BCUT2D eigenvalue weighted by molar-refractivity contribution is -0.348. The fourth-order valence-corrected chi connectivity index (χ4v) is 1.28. The van der Waals surface area contributed by atoms with Gasteiger partial charge in [0, 0.05) is 6.21 Å². The molecule has 23 heavy (non-hydrogen) atoms. The number of amides is 3. The zero-order valence-electron chi connectivity index (χ0n) is 13.8. The Morgan fingerprint density at radius 2 is 2.09 bits per heavy atom. The maximum atomic E-state index is 11.5. The first-order valence-corrected chi connectivity index (χ1v) is 7.18. The van der Waals surface area contributed by atoms with E-state index in [0.29, 0.717) is 19.4 Å². The van der Waals surface area contributed by atoms with Crippen molar-refractivity contribution in [2.75, 3.05) is 13.2 Å². The first kappa shape index (κ1) is 20.9. The van der Waals surface area contributed by atoms with Gasteiger partial charge in [-0.05, 0) is 33.6 Å². The molecule has 0 aliphatic carbocycles. The molecule has 0 aromatic heterocycles. The highest BCUT2D eigenvalue weighted by atomic mass is 17.2. The van der Waals surface area contributed by atoms with E-state index in [0.717, 1.165) is 0 Å². The number of rotatable bonds is 10. The highest BCUT2D eigenvalue weighted by Gasteiger charge is 2.13. The molecule has 1 atom stereocenters. The molecule has 9 nitrogen and oxygen atoms in total. The number of nitrogens with zero attached hydrogens (tertiary/aromatic N) is 1. The summed E-state index contributed by atoms with van der Waals surface area (Å²) in [5, 5.41) is 6.22. The van der Waals surface area contributed by atoms with E-state index in [2.05, 4.69) is 22.4 Å². The van der Waals surface area contributed by atoms with Crippen molar-refractivity contribution < 1.29 is 24.1 Å². The summed E-state index contributed by atoms with van der Waals surface area (Å²) in [7, 11) is 0. The van der Waals surface area contributed by atoms with Gasteiger partial charge < -0.3 is 15.8 Å².